The number of nitrogens with zero attached hydrogens (tertiary/aromatic N) is 2. The van der Waals surface area contributed by atoms with E-state index in [0.29, 0.717) is 17.5 Å². The van der Waals surface area contributed by atoms with Crippen LogP contribution in [0.2, 0.25) is 0 Å². The highest BCUT2D eigenvalue weighted by Gasteiger charge is 2.67. The molecule has 2 saturated carbocycles. The number of rotatable bonds is 2. The fourth-order valence-electron chi connectivity index (χ4n) is 4.93. The molecule has 116 valence electrons. The highest BCUT2D eigenvalue weighted by Crippen LogP contribution is 2.65. The molecule has 1 saturated heterocycles. The van der Waals surface area contributed by atoms with Gasteiger partial charge in [-0.15, -0.1) is 0 Å². The van der Waals surface area contributed by atoms with Crippen molar-refractivity contribution in [2.75, 3.05) is 4.90 Å². The van der Waals surface area contributed by atoms with Crippen LogP contribution in [0.25, 0.3) is 0 Å². The van der Waals surface area contributed by atoms with E-state index >= 15 is 0 Å². The lowest BCUT2D eigenvalue weighted by molar-refractivity contribution is -0.384. The van der Waals surface area contributed by atoms with Crippen LogP contribution in [-0.2, 0) is 9.59 Å². The number of hydrogen-bond donors (Lipinski definition) is 0. The van der Waals surface area contributed by atoms with Gasteiger partial charge in [-0.3, -0.25) is 24.6 Å². The smallest absolute Gasteiger partial charge is 0.269 e. The van der Waals surface area contributed by atoms with Gasteiger partial charge in [0.2, 0.25) is 11.8 Å². The first kappa shape index (κ1) is 13.0. The van der Waals surface area contributed by atoms with E-state index in [1.165, 1.54) is 29.2 Å². The number of allylic oxidation sites excluding steroid dienone is 2. The number of carbonyl (C=O) groups is 2. The summed E-state index contributed by atoms with van der Waals surface area (Å²) in [7, 11) is 0. The first-order chi connectivity index (χ1) is 11.1. The number of non-ortho nitro benzene ring substituents is 1. The second-order valence-electron chi connectivity index (χ2n) is 6.94. The number of carbonyl (C=O) groups excluding carboxylic acids is 2. The Hall–Kier alpha value is -2.50. The molecule has 4 aliphatic carbocycles. The number of imide groups is 1. The normalized spacial score (nSPS) is 39.4. The Balaban J connectivity index is 1.53. The van der Waals surface area contributed by atoms with Gasteiger partial charge in [-0.2, -0.15) is 0 Å². The largest absolute Gasteiger partial charge is 0.274 e. The minimum absolute atomic E-state index is 0.0479. The lowest BCUT2D eigenvalue weighted by Gasteiger charge is -2.37. The minimum atomic E-state index is -0.491. The zero-order chi connectivity index (χ0) is 15.9. The summed E-state index contributed by atoms with van der Waals surface area (Å²) < 4.78 is 0. The first-order valence-corrected chi connectivity index (χ1v) is 7.88. The second kappa shape index (κ2) is 4.07. The van der Waals surface area contributed by atoms with Gasteiger partial charge in [0.15, 0.2) is 0 Å². The van der Waals surface area contributed by atoms with Gasteiger partial charge in [0, 0.05) is 12.1 Å². The molecule has 5 aliphatic rings. The molecule has 0 N–H and O–H groups in total. The number of amides is 2. The summed E-state index contributed by atoms with van der Waals surface area (Å²) in [4.78, 5) is 37.2. The summed E-state index contributed by atoms with van der Waals surface area (Å²) >= 11 is 0. The summed E-state index contributed by atoms with van der Waals surface area (Å²) in [6.45, 7) is 0. The van der Waals surface area contributed by atoms with Crippen molar-refractivity contribution in [3.05, 3.63) is 46.5 Å². The molecule has 6 heteroatoms. The van der Waals surface area contributed by atoms with Crippen molar-refractivity contribution in [3.8, 4) is 0 Å². The molecular formula is C17H14N2O4. The lowest BCUT2D eigenvalue weighted by Crippen LogP contribution is -2.40. The van der Waals surface area contributed by atoms with Crippen LogP contribution in [0.15, 0.2) is 36.4 Å². The highest BCUT2D eigenvalue weighted by molar-refractivity contribution is 6.22. The molecule has 0 spiro atoms. The van der Waals surface area contributed by atoms with Gasteiger partial charge < -0.3 is 0 Å². The van der Waals surface area contributed by atoms with E-state index in [2.05, 4.69) is 12.2 Å². The number of hydrogen-bond acceptors (Lipinski definition) is 4. The fraction of sp³-hybridized carbons (Fsp3) is 0.412. The fourth-order valence-corrected chi connectivity index (χ4v) is 4.93. The number of benzene rings is 1. The molecule has 6 rings (SSSR count). The SMILES string of the molecule is O=C1[C@H]2[C@@H]3C=C[C@H]([C@@H]4C[C@H]34)[C@@H]2C(=O)N1c1ccc([N+](=O)[O-])cc1. The van der Waals surface area contributed by atoms with E-state index in [1.54, 1.807) is 0 Å². The molecule has 6 atom stereocenters. The molecular weight excluding hydrogens is 296 g/mol. The third-order valence-corrected chi connectivity index (χ3v) is 5.98. The molecule has 1 heterocycles. The Bertz CT molecular complexity index is 748. The Morgan fingerprint density at radius 1 is 0.957 bits per heavy atom. The van der Waals surface area contributed by atoms with Crippen molar-refractivity contribution in [1.82, 2.24) is 0 Å². The van der Waals surface area contributed by atoms with Crippen LogP contribution in [0.4, 0.5) is 11.4 Å². The molecule has 0 aromatic heterocycles. The lowest BCUT2D eigenvalue weighted by atomic mass is 9.63. The van der Waals surface area contributed by atoms with Crippen molar-refractivity contribution in [2.24, 2.45) is 35.5 Å². The molecule has 0 radical (unpaired) electrons. The van der Waals surface area contributed by atoms with Crippen LogP contribution >= 0.6 is 0 Å². The number of nitro benzene ring substituents is 1. The Morgan fingerprint density at radius 2 is 1.48 bits per heavy atom. The van der Waals surface area contributed by atoms with E-state index < -0.39 is 4.92 Å². The minimum Gasteiger partial charge on any atom is -0.274 e. The summed E-state index contributed by atoms with van der Waals surface area (Å²) in [5.74, 6) is 0.758. The van der Waals surface area contributed by atoms with Gasteiger partial charge >= 0.3 is 0 Å². The molecule has 6 nitrogen and oxygen atoms in total. The predicted molar refractivity (Wildman–Crippen MR) is 80.3 cm³/mol. The molecule has 2 amide bonds. The van der Waals surface area contributed by atoms with Crippen LogP contribution in [-0.4, -0.2) is 16.7 Å². The molecule has 2 bridgehead atoms. The zero-order valence-corrected chi connectivity index (χ0v) is 12.2. The molecule has 3 fully saturated rings. The monoisotopic (exact) mass is 310 g/mol. The van der Waals surface area contributed by atoms with Crippen molar-refractivity contribution in [3.63, 3.8) is 0 Å². The van der Waals surface area contributed by atoms with Crippen LogP contribution in [0.3, 0.4) is 0 Å². The summed E-state index contributed by atoms with van der Waals surface area (Å²) in [6.07, 6.45) is 5.39. The van der Waals surface area contributed by atoms with Gasteiger partial charge in [-0.1, -0.05) is 12.2 Å². The first-order valence-electron chi connectivity index (χ1n) is 7.88. The maximum atomic E-state index is 12.9. The van der Waals surface area contributed by atoms with Gasteiger partial charge in [-0.25, -0.2) is 0 Å². The standard InChI is InChI=1S/C17H14N2O4/c20-16-14-10-5-6-11(13-7-12(10)13)15(14)17(21)18(16)8-1-3-9(4-2-8)19(22)23/h1-6,10-15H,7H2/t10-,11-,12-,13+,14+,15+/m1/s1. The van der Waals surface area contributed by atoms with Crippen molar-refractivity contribution in [2.45, 2.75) is 6.42 Å². The van der Waals surface area contributed by atoms with E-state index in [1.807, 2.05) is 0 Å². The maximum Gasteiger partial charge on any atom is 0.269 e. The van der Waals surface area contributed by atoms with Crippen LogP contribution in [0.5, 0.6) is 0 Å². The number of anilines is 1. The van der Waals surface area contributed by atoms with Gasteiger partial charge in [-0.05, 0) is 42.2 Å². The van der Waals surface area contributed by atoms with E-state index in [-0.39, 0.29) is 41.2 Å². The molecule has 1 aliphatic heterocycles. The third kappa shape index (κ3) is 1.53. The van der Waals surface area contributed by atoms with Crippen molar-refractivity contribution >= 4 is 23.2 Å². The van der Waals surface area contributed by atoms with Gasteiger partial charge in [0.25, 0.3) is 5.69 Å². The number of nitro groups is 1. The average Bonchev–Trinajstić information content (AvgIpc) is 3.32. The topological polar surface area (TPSA) is 80.5 Å². The van der Waals surface area contributed by atoms with Crippen LogP contribution < -0.4 is 4.90 Å². The summed E-state index contributed by atoms with van der Waals surface area (Å²) in [5.41, 5.74) is 0.390. The Morgan fingerprint density at radius 3 is 1.96 bits per heavy atom. The summed E-state index contributed by atoms with van der Waals surface area (Å²) in [5, 5.41) is 10.8. The van der Waals surface area contributed by atoms with Crippen molar-refractivity contribution in [1.29, 1.82) is 0 Å². The molecule has 23 heavy (non-hydrogen) atoms. The quantitative estimate of drug-likeness (QED) is 0.363. The molecule has 1 aromatic carbocycles. The Kier molecular flexibility index (Phi) is 2.30. The predicted octanol–water partition coefficient (Wildman–Crippen LogP) is 2.15. The second-order valence-corrected chi connectivity index (χ2v) is 6.94. The van der Waals surface area contributed by atoms with E-state index in [4.69, 9.17) is 0 Å². The molecule has 1 aromatic rings. The molecule has 0 unspecified atom stereocenters. The average molecular weight is 310 g/mol. The third-order valence-electron chi connectivity index (χ3n) is 5.98. The van der Waals surface area contributed by atoms with Crippen molar-refractivity contribution < 1.29 is 14.5 Å². The van der Waals surface area contributed by atoms with Gasteiger partial charge in [0.1, 0.15) is 0 Å². The highest BCUT2D eigenvalue weighted by atomic mass is 16.6. The van der Waals surface area contributed by atoms with E-state index in [0.717, 1.165) is 6.42 Å². The van der Waals surface area contributed by atoms with E-state index in [9.17, 15) is 19.7 Å². The van der Waals surface area contributed by atoms with Gasteiger partial charge in [0.05, 0.1) is 22.4 Å². The Labute approximate surface area is 131 Å². The van der Waals surface area contributed by atoms with Crippen LogP contribution in [0, 0.1) is 45.6 Å². The maximum absolute atomic E-state index is 12.9. The summed E-state index contributed by atoms with van der Waals surface area (Å²) in [6, 6.07) is 5.65. The zero-order valence-electron chi connectivity index (χ0n) is 12.2. The van der Waals surface area contributed by atoms with Crippen LogP contribution in [0.1, 0.15) is 6.42 Å².